The van der Waals surface area contributed by atoms with E-state index in [0.29, 0.717) is 49.5 Å². The number of hydrogen-bond donors (Lipinski definition) is 2. The van der Waals surface area contributed by atoms with E-state index < -0.39 is 23.0 Å². The lowest BCUT2D eigenvalue weighted by atomic mass is 9.92. The highest BCUT2D eigenvalue weighted by molar-refractivity contribution is 5.95. The molecule has 10 heteroatoms. The number of nitrogens with zero attached hydrogens (tertiary/aromatic N) is 1. The molecule has 1 atom stereocenters. The van der Waals surface area contributed by atoms with Crippen LogP contribution in [-0.4, -0.2) is 37.2 Å². The van der Waals surface area contributed by atoms with Gasteiger partial charge in [-0.3, -0.25) is 10.1 Å². The Bertz CT molecular complexity index is 883. The number of ether oxygens (including phenoxy) is 3. The Balaban J connectivity index is 2.71. The van der Waals surface area contributed by atoms with E-state index in [2.05, 4.69) is 10.6 Å². The molecule has 0 aliphatic carbocycles. The molecule has 2 N–H and O–H groups in total. The summed E-state index contributed by atoms with van der Waals surface area (Å²) in [4.78, 5) is 36.3. The SMILES string of the molecule is CCCCC1=C(C(=O)OC)C(c2cc([N+](=O)[O-])c(OCCC)cc2OCCC)NC(=O)N1. The number of amides is 2. The van der Waals surface area contributed by atoms with Crippen molar-refractivity contribution in [3.8, 4) is 11.5 Å². The molecular weight excluding hydrogens is 418 g/mol. The number of methoxy groups -OCH3 is 1. The molecule has 0 spiro atoms. The topological polar surface area (TPSA) is 129 Å². The van der Waals surface area contributed by atoms with Gasteiger partial charge in [-0.15, -0.1) is 0 Å². The predicted octanol–water partition coefficient (Wildman–Crippen LogP) is 4.14. The molecular formula is C22H31N3O7. The first kappa shape index (κ1) is 25.0. The second-order valence-electron chi connectivity index (χ2n) is 7.33. The third kappa shape index (κ3) is 5.89. The summed E-state index contributed by atoms with van der Waals surface area (Å²) in [6, 6.07) is 1.26. The molecule has 0 fully saturated rings. The minimum absolute atomic E-state index is 0.0711. The molecule has 0 radical (unpaired) electrons. The van der Waals surface area contributed by atoms with E-state index in [1.807, 2.05) is 20.8 Å². The number of nitro groups is 1. The lowest BCUT2D eigenvalue weighted by Gasteiger charge is -2.30. The highest BCUT2D eigenvalue weighted by Gasteiger charge is 2.36. The maximum atomic E-state index is 12.7. The average Bonchev–Trinajstić information content (AvgIpc) is 2.78. The molecule has 1 aromatic rings. The number of carbonyl (C=O) groups is 2. The smallest absolute Gasteiger partial charge is 0.337 e. The molecule has 0 bridgehead atoms. The lowest BCUT2D eigenvalue weighted by Crippen LogP contribution is -2.46. The summed E-state index contributed by atoms with van der Waals surface area (Å²) in [6.45, 7) is 6.45. The van der Waals surface area contributed by atoms with Crippen molar-refractivity contribution in [1.29, 1.82) is 0 Å². The van der Waals surface area contributed by atoms with Gasteiger partial charge in [-0.1, -0.05) is 27.2 Å². The first-order valence-electron chi connectivity index (χ1n) is 10.8. The largest absolute Gasteiger partial charge is 0.493 e. The number of benzene rings is 1. The number of rotatable bonds is 12. The van der Waals surface area contributed by atoms with Crippen LogP contribution in [0.25, 0.3) is 0 Å². The monoisotopic (exact) mass is 449 g/mol. The fourth-order valence-electron chi connectivity index (χ4n) is 3.35. The van der Waals surface area contributed by atoms with E-state index in [0.717, 1.165) is 12.8 Å². The maximum Gasteiger partial charge on any atom is 0.337 e. The minimum atomic E-state index is -0.978. The van der Waals surface area contributed by atoms with Crippen molar-refractivity contribution in [1.82, 2.24) is 10.6 Å². The molecule has 10 nitrogen and oxygen atoms in total. The van der Waals surface area contributed by atoms with E-state index in [4.69, 9.17) is 14.2 Å². The van der Waals surface area contributed by atoms with Crippen molar-refractivity contribution in [2.45, 2.75) is 58.9 Å². The molecule has 2 rings (SSSR count). The number of esters is 1. The average molecular weight is 450 g/mol. The molecule has 1 aliphatic heterocycles. The zero-order valence-electron chi connectivity index (χ0n) is 19.0. The van der Waals surface area contributed by atoms with Gasteiger partial charge in [0.15, 0.2) is 0 Å². The Morgan fingerprint density at radius 2 is 1.75 bits per heavy atom. The van der Waals surface area contributed by atoms with Gasteiger partial charge in [0.25, 0.3) is 0 Å². The molecule has 1 unspecified atom stereocenters. The van der Waals surface area contributed by atoms with Crippen LogP contribution in [0.2, 0.25) is 0 Å². The second kappa shape index (κ2) is 11.9. The van der Waals surface area contributed by atoms with Gasteiger partial charge in [0.1, 0.15) is 5.75 Å². The number of allylic oxidation sites excluding steroid dienone is 1. The van der Waals surface area contributed by atoms with Crippen LogP contribution in [0.15, 0.2) is 23.4 Å². The van der Waals surface area contributed by atoms with Gasteiger partial charge in [-0.2, -0.15) is 0 Å². The molecule has 176 valence electrons. The van der Waals surface area contributed by atoms with Gasteiger partial charge >= 0.3 is 17.7 Å². The van der Waals surface area contributed by atoms with Crippen LogP contribution in [0.1, 0.15) is 64.5 Å². The zero-order valence-corrected chi connectivity index (χ0v) is 19.0. The number of nitrogens with one attached hydrogen (secondary N) is 2. The van der Waals surface area contributed by atoms with E-state index in [1.54, 1.807) is 0 Å². The van der Waals surface area contributed by atoms with E-state index in [1.165, 1.54) is 19.2 Å². The van der Waals surface area contributed by atoms with Crippen molar-refractivity contribution in [3.05, 3.63) is 39.1 Å². The quantitative estimate of drug-likeness (QED) is 0.279. The van der Waals surface area contributed by atoms with Crippen LogP contribution < -0.4 is 20.1 Å². The first-order valence-corrected chi connectivity index (χ1v) is 10.8. The molecule has 1 aromatic carbocycles. The van der Waals surface area contributed by atoms with Crippen molar-refractivity contribution in [2.24, 2.45) is 0 Å². The summed E-state index contributed by atoms with van der Waals surface area (Å²) >= 11 is 0. The summed E-state index contributed by atoms with van der Waals surface area (Å²) in [5.41, 5.74) is 0.643. The molecule has 32 heavy (non-hydrogen) atoms. The summed E-state index contributed by atoms with van der Waals surface area (Å²) in [6.07, 6.45) is 3.42. The minimum Gasteiger partial charge on any atom is -0.493 e. The number of nitro benzene ring substituents is 1. The van der Waals surface area contributed by atoms with E-state index in [-0.39, 0.29) is 17.0 Å². The molecule has 0 saturated carbocycles. The maximum absolute atomic E-state index is 12.7. The number of urea groups is 1. The van der Waals surface area contributed by atoms with Crippen LogP contribution in [0.4, 0.5) is 10.5 Å². The summed E-state index contributed by atoms with van der Waals surface area (Å²) in [5.74, 6) is -0.266. The van der Waals surface area contributed by atoms with Crippen LogP contribution in [0, 0.1) is 10.1 Å². The third-order valence-electron chi connectivity index (χ3n) is 4.86. The van der Waals surface area contributed by atoms with E-state index in [9.17, 15) is 19.7 Å². The fourth-order valence-corrected chi connectivity index (χ4v) is 3.35. The Morgan fingerprint density at radius 3 is 2.31 bits per heavy atom. The van der Waals surface area contributed by atoms with Crippen molar-refractivity contribution in [2.75, 3.05) is 20.3 Å². The van der Waals surface area contributed by atoms with Gasteiger partial charge < -0.3 is 24.8 Å². The molecule has 0 saturated heterocycles. The molecule has 2 amide bonds. The number of hydrogen-bond acceptors (Lipinski definition) is 7. The lowest BCUT2D eigenvalue weighted by molar-refractivity contribution is -0.386. The van der Waals surface area contributed by atoms with Crippen LogP contribution in [0.3, 0.4) is 0 Å². The van der Waals surface area contributed by atoms with Crippen molar-refractivity contribution in [3.63, 3.8) is 0 Å². The van der Waals surface area contributed by atoms with E-state index >= 15 is 0 Å². The van der Waals surface area contributed by atoms with Gasteiger partial charge in [-0.25, -0.2) is 9.59 Å². The summed E-state index contributed by atoms with van der Waals surface area (Å²) in [7, 11) is 1.25. The Kier molecular flexibility index (Phi) is 9.30. The Hall–Kier alpha value is -3.30. The Labute approximate surface area is 187 Å². The predicted molar refractivity (Wildman–Crippen MR) is 118 cm³/mol. The highest BCUT2D eigenvalue weighted by Crippen LogP contribution is 2.41. The second-order valence-corrected chi connectivity index (χ2v) is 7.33. The van der Waals surface area contributed by atoms with Crippen LogP contribution in [0.5, 0.6) is 11.5 Å². The molecule has 1 aliphatic rings. The highest BCUT2D eigenvalue weighted by atomic mass is 16.6. The standard InChI is InChI=1S/C22H31N3O7/c1-5-8-9-15-19(21(26)30-4)20(24-22(27)23-15)14-12-16(25(28)29)18(32-11-7-3)13-17(14)31-10-6-2/h12-13,20H,5-11H2,1-4H3,(H2,23,24,27). The normalized spacial score (nSPS) is 15.6. The van der Waals surface area contributed by atoms with Gasteiger partial charge in [0, 0.05) is 23.4 Å². The summed E-state index contributed by atoms with van der Waals surface area (Å²) < 4.78 is 16.4. The van der Waals surface area contributed by atoms with Gasteiger partial charge in [0.2, 0.25) is 5.75 Å². The van der Waals surface area contributed by atoms with Crippen molar-refractivity contribution < 1.29 is 28.7 Å². The molecule has 1 heterocycles. The van der Waals surface area contributed by atoms with Gasteiger partial charge in [0.05, 0.1) is 36.9 Å². The number of unbranched alkanes of at least 4 members (excludes halogenated alkanes) is 1. The molecule has 0 aromatic heterocycles. The number of carbonyl (C=O) groups excluding carboxylic acids is 2. The summed E-state index contributed by atoms with van der Waals surface area (Å²) in [5, 5.41) is 17.2. The third-order valence-corrected chi connectivity index (χ3v) is 4.86. The van der Waals surface area contributed by atoms with Crippen molar-refractivity contribution >= 4 is 17.7 Å². The Morgan fingerprint density at radius 1 is 1.09 bits per heavy atom. The fraction of sp³-hybridized carbons (Fsp3) is 0.545. The van der Waals surface area contributed by atoms with Gasteiger partial charge in [-0.05, 0) is 25.7 Å². The first-order chi connectivity index (χ1) is 15.4. The van der Waals surface area contributed by atoms with Crippen LogP contribution >= 0.6 is 0 Å². The van der Waals surface area contributed by atoms with Crippen LogP contribution in [-0.2, 0) is 9.53 Å². The zero-order chi connectivity index (χ0) is 23.7.